The number of ether oxygens (including phenoxy) is 2. The van der Waals surface area contributed by atoms with Gasteiger partial charge in [-0.25, -0.2) is 0 Å². The van der Waals surface area contributed by atoms with Crippen LogP contribution in [-0.4, -0.2) is 25.2 Å². The summed E-state index contributed by atoms with van der Waals surface area (Å²) in [5.74, 6) is 0.767. The van der Waals surface area contributed by atoms with E-state index in [0.717, 1.165) is 6.42 Å². The van der Waals surface area contributed by atoms with Gasteiger partial charge in [0.05, 0.1) is 17.4 Å². The molecule has 0 saturated heterocycles. The largest absolute Gasteiger partial charge is 0.493 e. The maximum Gasteiger partial charge on any atom is 0.270 e. The van der Waals surface area contributed by atoms with Gasteiger partial charge in [-0.3, -0.25) is 10.1 Å². The lowest BCUT2D eigenvalue weighted by Gasteiger charge is -2.09. The number of non-ortho nitro benzene ring substituents is 1. The van der Waals surface area contributed by atoms with Crippen LogP contribution in [0.5, 0.6) is 5.75 Å². The molecule has 6 heteroatoms. The van der Waals surface area contributed by atoms with Gasteiger partial charge >= 0.3 is 0 Å². The highest BCUT2D eigenvalue weighted by Gasteiger charge is 2.10. The molecule has 0 spiro atoms. The van der Waals surface area contributed by atoms with Crippen LogP contribution in [0.4, 0.5) is 5.69 Å². The Balaban J connectivity index is 2.68. The quantitative estimate of drug-likeness (QED) is 0.327. The van der Waals surface area contributed by atoms with Crippen LogP contribution in [0.3, 0.4) is 0 Å². The molecule has 0 aliphatic carbocycles. The van der Waals surface area contributed by atoms with E-state index in [1.807, 2.05) is 0 Å². The number of rotatable bonds is 7. The molecule has 0 heterocycles. The molecule has 0 aliphatic heterocycles. The molecule has 17 heavy (non-hydrogen) atoms. The molecule has 0 aliphatic rings. The van der Waals surface area contributed by atoms with Crippen LogP contribution < -0.4 is 4.74 Å². The third-order valence-electron chi connectivity index (χ3n) is 2.15. The number of benzene rings is 1. The van der Waals surface area contributed by atoms with Gasteiger partial charge in [0.25, 0.3) is 5.69 Å². The molecule has 0 N–H and O–H groups in total. The summed E-state index contributed by atoms with van der Waals surface area (Å²) in [6, 6.07) is 4.41. The Labute approximate surface area is 104 Å². The van der Waals surface area contributed by atoms with Gasteiger partial charge in [-0.15, -0.1) is 11.6 Å². The molecule has 0 radical (unpaired) electrons. The summed E-state index contributed by atoms with van der Waals surface area (Å²) >= 11 is 5.72. The lowest BCUT2D eigenvalue weighted by atomic mass is 10.2. The maximum absolute atomic E-state index is 10.6. The fourth-order valence-electron chi connectivity index (χ4n) is 1.31. The van der Waals surface area contributed by atoms with Gasteiger partial charge in [-0.2, -0.15) is 0 Å². The first-order valence-electron chi connectivity index (χ1n) is 5.14. The number of nitrogens with zero attached hydrogens (tertiary/aromatic N) is 1. The number of methoxy groups -OCH3 is 1. The van der Waals surface area contributed by atoms with Crippen molar-refractivity contribution in [3.63, 3.8) is 0 Å². The van der Waals surface area contributed by atoms with Gasteiger partial charge < -0.3 is 9.47 Å². The minimum atomic E-state index is -0.454. The average molecular weight is 260 g/mol. The molecule has 0 saturated carbocycles. The third-order valence-corrected chi connectivity index (χ3v) is 2.44. The smallest absolute Gasteiger partial charge is 0.270 e. The zero-order valence-corrected chi connectivity index (χ0v) is 10.3. The van der Waals surface area contributed by atoms with E-state index in [-0.39, 0.29) is 11.6 Å². The molecule has 0 fully saturated rings. The number of hydrogen-bond donors (Lipinski definition) is 0. The number of nitro benzene ring substituents is 1. The van der Waals surface area contributed by atoms with Crippen molar-refractivity contribution in [3.8, 4) is 5.75 Å². The van der Waals surface area contributed by atoms with E-state index in [9.17, 15) is 10.1 Å². The van der Waals surface area contributed by atoms with Crippen molar-refractivity contribution >= 4 is 17.3 Å². The van der Waals surface area contributed by atoms with Crippen LogP contribution in [0.2, 0.25) is 0 Å². The molecule has 1 aromatic carbocycles. The minimum absolute atomic E-state index is 0.0184. The minimum Gasteiger partial charge on any atom is -0.493 e. The van der Waals surface area contributed by atoms with Crippen molar-refractivity contribution in [2.45, 2.75) is 12.3 Å². The molecule has 0 unspecified atom stereocenters. The average Bonchev–Trinajstić information content (AvgIpc) is 2.34. The van der Waals surface area contributed by atoms with Crippen LogP contribution in [0, 0.1) is 10.1 Å². The predicted molar refractivity (Wildman–Crippen MR) is 64.6 cm³/mol. The first-order valence-corrected chi connectivity index (χ1v) is 5.67. The molecular formula is C11H14ClNO4. The van der Waals surface area contributed by atoms with E-state index >= 15 is 0 Å². The van der Waals surface area contributed by atoms with Gasteiger partial charge in [0.2, 0.25) is 0 Å². The monoisotopic (exact) mass is 259 g/mol. The van der Waals surface area contributed by atoms with Gasteiger partial charge in [0.1, 0.15) is 5.75 Å². The fourth-order valence-corrected chi connectivity index (χ4v) is 1.52. The molecule has 1 aromatic rings. The molecule has 94 valence electrons. The highest BCUT2D eigenvalue weighted by Crippen LogP contribution is 2.25. The highest BCUT2D eigenvalue weighted by molar-refractivity contribution is 6.17. The van der Waals surface area contributed by atoms with Crippen molar-refractivity contribution in [1.29, 1.82) is 0 Å². The second-order valence-electron chi connectivity index (χ2n) is 3.38. The Hall–Kier alpha value is -1.33. The number of nitro groups is 1. The highest BCUT2D eigenvalue weighted by atomic mass is 35.5. The van der Waals surface area contributed by atoms with Crippen LogP contribution in [0.25, 0.3) is 0 Å². The second-order valence-corrected chi connectivity index (χ2v) is 3.64. The molecule has 0 bridgehead atoms. The Morgan fingerprint density at radius 1 is 1.41 bits per heavy atom. The lowest BCUT2D eigenvalue weighted by molar-refractivity contribution is -0.384. The van der Waals surface area contributed by atoms with Gasteiger partial charge in [0, 0.05) is 37.8 Å². The van der Waals surface area contributed by atoms with Crippen LogP contribution in [-0.2, 0) is 10.6 Å². The topological polar surface area (TPSA) is 61.6 Å². The van der Waals surface area contributed by atoms with Crippen LogP contribution >= 0.6 is 11.6 Å². The fraction of sp³-hybridized carbons (Fsp3) is 0.455. The number of halogens is 1. The first kappa shape index (κ1) is 13.7. The number of hydrogen-bond acceptors (Lipinski definition) is 4. The molecule has 0 atom stereocenters. The Morgan fingerprint density at radius 2 is 2.18 bits per heavy atom. The SMILES string of the molecule is COCCCOc1ccc([N+](=O)[O-])cc1CCl. The summed E-state index contributed by atoms with van der Waals surface area (Å²) in [5.41, 5.74) is 0.642. The Morgan fingerprint density at radius 3 is 2.76 bits per heavy atom. The molecule has 0 aromatic heterocycles. The van der Waals surface area contributed by atoms with Crippen molar-refractivity contribution in [2.75, 3.05) is 20.3 Å². The summed E-state index contributed by atoms with van der Waals surface area (Å²) in [5, 5.41) is 10.6. The van der Waals surface area contributed by atoms with Crippen molar-refractivity contribution < 1.29 is 14.4 Å². The molecular weight excluding hydrogens is 246 g/mol. The summed E-state index contributed by atoms with van der Waals surface area (Å²) in [4.78, 5) is 10.1. The van der Waals surface area contributed by atoms with Crippen molar-refractivity contribution in [2.24, 2.45) is 0 Å². The third kappa shape index (κ3) is 4.20. The summed E-state index contributed by atoms with van der Waals surface area (Å²) in [7, 11) is 1.62. The first-order chi connectivity index (χ1) is 8.19. The predicted octanol–water partition coefficient (Wildman–Crippen LogP) is 2.75. The molecule has 1 rings (SSSR count). The molecule has 5 nitrogen and oxygen atoms in total. The second kappa shape index (κ2) is 7.09. The lowest BCUT2D eigenvalue weighted by Crippen LogP contribution is -2.03. The zero-order valence-electron chi connectivity index (χ0n) is 9.52. The zero-order chi connectivity index (χ0) is 12.7. The summed E-state index contributed by atoms with van der Waals surface area (Å²) in [6.07, 6.45) is 0.759. The Kier molecular flexibility index (Phi) is 5.72. The van der Waals surface area contributed by atoms with E-state index in [0.29, 0.717) is 24.5 Å². The van der Waals surface area contributed by atoms with E-state index < -0.39 is 4.92 Å². The molecule has 0 amide bonds. The normalized spacial score (nSPS) is 10.2. The van der Waals surface area contributed by atoms with Crippen molar-refractivity contribution in [3.05, 3.63) is 33.9 Å². The Bertz CT molecular complexity index is 384. The van der Waals surface area contributed by atoms with E-state index in [4.69, 9.17) is 21.1 Å². The summed E-state index contributed by atoms with van der Waals surface area (Å²) in [6.45, 7) is 1.11. The van der Waals surface area contributed by atoms with Gasteiger partial charge in [-0.1, -0.05) is 0 Å². The van der Waals surface area contributed by atoms with E-state index in [1.165, 1.54) is 12.1 Å². The van der Waals surface area contributed by atoms with Gasteiger partial charge in [-0.05, 0) is 6.07 Å². The van der Waals surface area contributed by atoms with Crippen LogP contribution in [0.1, 0.15) is 12.0 Å². The number of alkyl halides is 1. The van der Waals surface area contributed by atoms with Crippen LogP contribution in [0.15, 0.2) is 18.2 Å². The summed E-state index contributed by atoms with van der Waals surface area (Å²) < 4.78 is 10.4. The van der Waals surface area contributed by atoms with Gasteiger partial charge in [0.15, 0.2) is 0 Å². The van der Waals surface area contributed by atoms with Crippen molar-refractivity contribution in [1.82, 2.24) is 0 Å². The van der Waals surface area contributed by atoms with E-state index in [1.54, 1.807) is 13.2 Å². The maximum atomic E-state index is 10.6. The standard InChI is InChI=1S/C11H14ClNO4/c1-16-5-2-6-17-11-4-3-10(13(14)15)7-9(11)8-12/h3-4,7H,2,5-6,8H2,1H3. The van der Waals surface area contributed by atoms with E-state index in [2.05, 4.69) is 0 Å².